The Morgan fingerprint density at radius 3 is 2.33 bits per heavy atom. The minimum Gasteiger partial charge on any atom is -0.497 e. The highest BCUT2D eigenvalue weighted by molar-refractivity contribution is 7.89. The van der Waals surface area contributed by atoms with Gasteiger partial charge in [0.1, 0.15) is 5.75 Å². The van der Waals surface area contributed by atoms with E-state index in [1.165, 1.54) is 37.6 Å². The summed E-state index contributed by atoms with van der Waals surface area (Å²) in [5, 5.41) is 0. The van der Waals surface area contributed by atoms with E-state index in [2.05, 4.69) is 0 Å². The van der Waals surface area contributed by atoms with E-state index in [4.69, 9.17) is 9.47 Å². The van der Waals surface area contributed by atoms with Crippen molar-refractivity contribution >= 4 is 21.9 Å². The number of ether oxygens (including phenoxy) is 2. The van der Waals surface area contributed by atoms with E-state index in [0.29, 0.717) is 10.1 Å². The summed E-state index contributed by atoms with van der Waals surface area (Å²) in [6, 6.07) is 14.9. The Balaban J connectivity index is 1.98. The maximum absolute atomic E-state index is 13.3. The maximum Gasteiger partial charge on any atom is 0.306 e. The van der Waals surface area contributed by atoms with Crippen LogP contribution in [0, 0.1) is 5.92 Å². The van der Waals surface area contributed by atoms with Crippen molar-refractivity contribution in [2.75, 3.05) is 13.7 Å². The molecule has 158 valence electrons. The first-order valence-electron chi connectivity index (χ1n) is 9.49. The monoisotopic (exact) mass is 429 g/mol. The summed E-state index contributed by atoms with van der Waals surface area (Å²) in [5.41, 5.74) is 0.817. The standard InChI is InChI=1S/C22H23NO6S/c1-3-29-21(24)15-20-19(16-7-5-4-6-8-16)13-14-23(22(20)25)30(26,27)18-11-9-17(28-2)10-12-18/h4-14,19-20H,3,15H2,1-2H3/t19-,20-/m0/s1. The van der Waals surface area contributed by atoms with Crippen molar-refractivity contribution < 1.29 is 27.5 Å². The smallest absolute Gasteiger partial charge is 0.306 e. The van der Waals surface area contributed by atoms with Crippen molar-refractivity contribution in [2.24, 2.45) is 5.92 Å². The predicted molar refractivity (Wildman–Crippen MR) is 110 cm³/mol. The Hall–Kier alpha value is -3.13. The second-order valence-corrected chi connectivity index (χ2v) is 8.52. The molecule has 0 radical (unpaired) electrons. The van der Waals surface area contributed by atoms with Gasteiger partial charge < -0.3 is 9.47 Å². The summed E-state index contributed by atoms with van der Waals surface area (Å²) in [6.07, 6.45) is 2.69. The largest absolute Gasteiger partial charge is 0.497 e. The lowest BCUT2D eigenvalue weighted by Crippen LogP contribution is -2.42. The predicted octanol–water partition coefficient (Wildman–Crippen LogP) is 3.09. The van der Waals surface area contributed by atoms with Crippen LogP contribution in [0.1, 0.15) is 24.8 Å². The summed E-state index contributed by atoms with van der Waals surface area (Å²) in [4.78, 5) is 25.4. The van der Waals surface area contributed by atoms with Gasteiger partial charge in [-0.1, -0.05) is 36.4 Å². The van der Waals surface area contributed by atoms with E-state index < -0.39 is 33.7 Å². The van der Waals surface area contributed by atoms with Gasteiger partial charge in [-0.2, -0.15) is 0 Å². The zero-order valence-corrected chi connectivity index (χ0v) is 17.5. The third kappa shape index (κ3) is 4.38. The molecule has 0 fully saturated rings. The molecule has 1 aliphatic heterocycles. The van der Waals surface area contributed by atoms with Crippen molar-refractivity contribution in [1.29, 1.82) is 0 Å². The van der Waals surface area contributed by atoms with E-state index in [9.17, 15) is 18.0 Å². The van der Waals surface area contributed by atoms with E-state index >= 15 is 0 Å². The minimum atomic E-state index is -4.13. The molecule has 7 nitrogen and oxygen atoms in total. The quantitative estimate of drug-likeness (QED) is 0.629. The van der Waals surface area contributed by atoms with Crippen LogP contribution in [0.5, 0.6) is 5.75 Å². The van der Waals surface area contributed by atoms with Crippen LogP contribution in [0.2, 0.25) is 0 Å². The lowest BCUT2D eigenvalue weighted by atomic mass is 9.82. The van der Waals surface area contributed by atoms with Crippen molar-refractivity contribution in [3.05, 3.63) is 72.4 Å². The van der Waals surface area contributed by atoms with Crippen LogP contribution in [-0.4, -0.2) is 38.3 Å². The molecule has 8 heteroatoms. The molecule has 2 aromatic carbocycles. The highest BCUT2D eigenvalue weighted by Gasteiger charge is 2.41. The number of allylic oxidation sites excluding steroid dienone is 1. The second-order valence-electron chi connectivity index (χ2n) is 6.71. The Kier molecular flexibility index (Phi) is 6.56. The van der Waals surface area contributed by atoms with Crippen LogP contribution in [-0.2, 0) is 24.3 Å². The van der Waals surface area contributed by atoms with Gasteiger partial charge >= 0.3 is 5.97 Å². The van der Waals surface area contributed by atoms with Gasteiger partial charge in [0.15, 0.2) is 0 Å². The topological polar surface area (TPSA) is 90.0 Å². The molecule has 2 aromatic rings. The Labute approximate surface area is 176 Å². The molecule has 0 saturated carbocycles. The van der Waals surface area contributed by atoms with Gasteiger partial charge in [-0.15, -0.1) is 0 Å². The molecule has 0 unspecified atom stereocenters. The lowest BCUT2D eigenvalue weighted by molar-refractivity contribution is -0.147. The van der Waals surface area contributed by atoms with Gasteiger partial charge in [0.05, 0.1) is 31.0 Å². The van der Waals surface area contributed by atoms with Crippen molar-refractivity contribution in [1.82, 2.24) is 4.31 Å². The molecule has 0 saturated heterocycles. The number of hydrogen-bond acceptors (Lipinski definition) is 6. The number of hydrogen-bond donors (Lipinski definition) is 0. The maximum atomic E-state index is 13.3. The first-order chi connectivity index (χ1) is 14.4. The van der Waals surface area contributed by atoms with Gasteiger partial charge in [0.25, 0.3) is 10.0 Å². The van der Waals surface area contributed by atoms with E-state index in [1.807, 2.05) is 30.3 Å². The molecular weight excluding hydrogens is 406 g/mol. The minimum absolute atomic E-state index is 0.0469. The number of amides is 1. The molecule has 1 amide bonds. The Morgan fingerprint density at radius 2 is 1.73 bits per heavy atom. The van der Waals surface area contributed by atoms with Crippen LogP contribution < -0.4 is 4.74 Å². The second kappa shape index (κ2) is 9.13. The number of rotatable bonds is 7. The SMILES string of the molecule is CCOC(=O)C[C@@H]1C(=O)N(S(=O)(=O)c2ccc(OC)cc2)C=C[C@H]1c1ccccc1. The first kappa shape index (κ1) is 21.6. The fourth-order valence-electron chi connectivity index (χ4n) is 3.39. The highest BCUT2D eigenvalue weighted by Crippen LogP contribution is 2.36. The fourth-order valence-corrected chi connectivity index (χ4v) is 4.70. The van der Waals surface area contributed by atoms with Crippen molar-refractivity contribution in [3.63, 3.8) is 0 Å². The number of sulfonamides is 1. The molecule has 1 aliphatic rings. The van der Waals surface area contributed by atoms with Crippen LogP contribution in [0.3, 0.4) is 0 Å². The Bertz CT molecular complexity index is 1030. The van der Waals surface area contributed by atoms with Gasteiger partial charge in [0, 0.05) is 12.1 Å². The average molecular weight is 429 g/mol. The number of methoxy groups -OCH3 is 1. The summed E-state index contributed by atoms with van der Waals surface area (Å²) in [7, 11) is -2.66. The normalized spacial score (nSPS) is 18.9. The lowest BCUT2D eigenvalue weighted by Gasteiger charge is -2.32. The fraction of sp³-hybridized carbons (Fsp3) is 0.273. The zero-order valence-electron chi connectivity index (χ0n) is 16.7. The zero-order chi connectivity index (χ0) is 21.7. The summed E-state index contributed by atoms with van der Waals surface area (Å²) in [5.74, 6) is -2.06. The molecule has 0 aromatic heterocycles. The summed E-state index contributed by atoms with van der Waals surface area (Å²) >= 11 is 0. The first-order valence-corrected chi connectivity index (χ1v) is 10.9. The van der Waals surface area contributed by atoms with E-state index in [-0.39, 0.29) is 17.9 Å². The third-order valence-electron chi connectivity index (χ3n) is 4.89. The number of benzene rings is 2. The Morgan fingerprint density at radius 1 is 1.07 bits per heavy atom. The molecule has 30 heavy (non-hydrogen) atoms. The van der Waals surface area contributed by atoms with Gasteiger partial charge in [-0.25, -0.2) is 12.7 Å². The highest BCUT2D eigenvalue weighted by atomic mass is 32.2. The average Bonchev–Trinajstić information content (AvgIpc) is 2.75. The molecule has 0 aliphatic carbocycles. The number of esters is 1. The van der Waals surface area contributed by atoms with Crippen LogP contribution >= 0.6 is 0 Å². The van der Waals surface area contributed by atoms with Crippen molar-refractivity contribution in [3.8, 4) is 5.75 Å². The number of carbonyl (C=O) groups is 2. The summed E-state index contributed by atoms with van der Waals surface area (Å²) < 4.78 is 37.0. The van der Waals surface area contributed by atoms with Gasteiger partial charge in [-0.05, 0) is 36.8 Å². The van der Waals surface area contributed by atoms with E-state index in [0.717, 1.165) is 5.56 Å². The molecule has 0 bridgehead atoms. The van der Waals surface area contributed by atoms with Crippen LogP contribution in [0.4, 0.5) is 0 Å². The summed E-state index contributed by atoms with van der Waals surface area (Å²) in [6.45, 7) is 1.86. The molecule has 0 spiro atoms. The van der Waals surface area contributed by atoms with Crippen molar-refractivity contribution in [2.45, 2.75) is 24.2 Å². The molecule has 2 atom stereocenters. The third-order valence-corrected chi connectivity index (χ3v) is 6.58. The molecule has 3 rings (SSSR count). The molecular formula is C22H23NO6S. The number of nitrogens with zero attached hydrogens (tertiary/aromatic N) is 1. The van der Waals surface area contributed by atoms with Gasteiger partial charge in [-0.3, -0.25) is 9.59 Å². The van der Waals surface area contributed by atoms with E-state index in [1.54, 1.807) is 13.0 Å². The number of carbonyl (C=O) groups excluding carboxylic acids is 2. The van der Waals surface area contributed by atoms with Crippen LogP contribution in [0.25, 0.3) is 0 Å². The van der Waals surface area contributed by atoms with Gasteiger partial charge in [0.2, 0.25) is 5.91 Å². The molecule has 1 heterocycles. The molecule has 0 N–H and O–H groups in total. The van der Waals surface area contributed by atoms with Crippen LogP contribution in [0.15, 0.2) is 71.8 Å².